The van der Waals surface area contributed by atoms with Gasteiger partial charge in [0.05, 0.1) is 14.7 Å². The molecular weight excluding hydrogens is 260 g/mol. The van der Waals surface area contributed by atoms with Crippen LogP contribution in [0.1, 0.15) is 51.0 Å². The normalized spacial score (nSPS) is 11.8. The van der Waals surface area contributed by atoms with Crippen molar-refractivity contribution in [3.63, 3.8) is 0 Å². The van der Waals surface area contributed by atoms with Crippen LogP contribution in [-0.4, -0.2) is 14.7 Å². The SMILES string of the molecule is CCCCCCCCOCc1ccc([Si](C)(C)C)cc1. The van der Waals surface area contributed by atoms with Gasteiger partial charge in [0, 0.05) is 6.61 Å². The molecule has 0 N–H and O–H groups in total. The van der Waals surface area contributed by atoms with Gasteiger partial charge in [-0.25, -0.2) is 0 Å². The summed E-state index contributed by atoms with van der Waals surface area (Å²) in [5.74, 6) is 0. The van der Waals surface area contributed by atoms with Crippen LogP contribution in [0.3, 0.4) is 0 Å². The minimum absolute atomic E-state index is 0.765. The molecule has 1 aromatic carbocycles. The third-order valence-electron chi connectivity index (χ3n) is 3.73. The zero-order valence-corrected chi connectivity index (χ0v) is 14.9. The summed E-state index contributed by atoms with van der Waals surface area (Å²) in [7, 11) is -1.16. The van der Waals surface area contributed by atoms with Crippen molar-refractivity contribution >= 4 is 13.3 Å². The molecule has 114 valence electrons. The fraction of sp³-hybridized carbons (Fsp3) is 0.667. The lowest BCUT2D eigenvalue weighted by atomic mass is 10.1. The number of benzene rings is 1. The van der Waals surface area contributed by atoms with E-state index in [9.17, 15) is 0 Å². The molecular formula is C18H32OSi. The lowest BCUT2D eigenvalue weighted by Crippen LogP contribution is -2.37. The third kappa shape index (κ3) is 7.25. The summed E-state index contributed by atoms with van der Waals surface area (Å²) in [6.45, 7) is 11.1. The monoisotopic (exact) mass is 292 g/mol. The first-order valence-corrected chi connectivity index (χ1v) is 11.7. The quantitative estimate of drug-likeness (QED) is 0.430. The summed E-state index contributed by atoms with van der Waals surface area (Å²) >= 11 is 0. The average Bonchev–Trinajstić information content (AvgIpc) is 2.41. The molecule has 0 aliphatic rings. The Morgan fingerprint density at radius 2 is 1.45 bits per heavy atom. The second-order valence-corrected chi connectivity index (χ2v) is 11.8. The molecule has 1 rings (SSSR count). The number of unbranched alkanes of at least 4 members (excludes halogenated alkanes) is 5. The molecule has 0 unspecified atom stereocenters. The number of ether oxygens (including phenoxy) is 1. The predicted molar refractivity (Wildman–Crippen MR) is 92.5 cm³/mol. The number of rotatable bonds is 10. The summed E-state index contributed by atoms with van der Waals surface area (Å²) in [5, 5.41) is 1.53. The fourth-order valence-corrected chi connectivity index (χ4v) is 3.44. The summed E-state index contributed by atoms with van der Waals surface area (Å²) in [5.41, 5.74) is 1.30. The van der Waals surface area contributed by atoms with Gasteiger partial charge < -0.3 is 4.74 Å². The van der Waals surface area contributed by atoms with Gasteiger partial charge in [-0.05, 0) is 12.0 Å². The minimum atomic E-state index is -1.16. The highest BCUT2D eigenvalue weighted by Gasteiger charge is 2.15. The first kappa shape index (κ1) is 17.4. The molecule has 0 radical (unpaired) electrons. The van der Waals surface area contributed by atoms with Crippen LogP contribution >= 0.6 is 0 Å². The maximum atomic E-state index is 5.76. The molecule has 0 saturated heterocycles. The Morgan fingerprint density at radius 1 is 0.850 bits per heavy atom. The average molecular weight is 293 g/mol. The van der Waals surface area contributed by atoms with Crippen molar-refractivity contribution in [3.8, 4) is 0 Å². The molecule has 0 aromatic heterocycles. The highest BCUT2D eigenvalue weighted by Crippen LogP contribution is 2.08. The topological polar surface area (TPSA) is 9.23 Å². The number of hydrogen-bond donors (Lipinski definition) is 0. The van der Waals surface area contributed by atoms with Crippen molar-refractivity contribution in [2.24, 2.45) is 0 Å². The van der Waals surface area contributed by atoms with Crippen LogP contribution in [0.5, 0.6) is 0 Å². The van der Waals surface area contributed by atoms with Crippen LogP contribution in [-0.2, 0) is 11.3 Å². The van der Waals surface area contributed by atoms with Gasteiger partial charge in [-0.3, -0.25) is 0 Å². The van der Waals surface area contributed by atoms with E-state index in [1.807, 2.05) is 0 Å². The fourth-order valence-electron chi connectivity index (χ4n) is 2.28. The third-order valence-corrected chi connectivity index (χ3v) is 5.80. The highest BCUT2D eigenvalue weighted by molar-refractivity contribution is 6.88. The highest BCUT2D eigenvalue weighted by atomic mass is 28.3. The Hall–Kier alpha value is -0.603. The molecule has 2 heteroatoms. The van der Waals surface area contributed by atoms with Gasteiger partial charge >= 0.3 is 0 Å². The molecule has 0 bridgehead atoms. The van der Waals surface area contributed by atoms with E-state index in [1.165, 1.54) is 49.3 Å². The largest absolute Gasteiger partial charge is 0.377 e. The molecule has 0 aliphatic carbocycles. The van der Waals surface area contributed by atoms with Gasteiger partial charge in [-0.1, -0.05) is 88.1 Å². The Labute approximate surface area is 126 Å². The molecule has 0 heterocycles. The Morgan fingerprint density at radius 3 is 2.05 bits per heavy atom. The zero-order valence-electron chi connectivity index (χ0n) is 13.9. The van der Waals surface area contributed by atoms with Crippen LogP contribution in [0.15, 0.2) is 24.3 Å². The van der Waals surface area contributed by atoms with E-state index in [-0.39, 0.29) is 0 Å². The predicted octanol–water partition coefficient (Wildman–Crippen LogP) is 5.11. The van der Waals surface area contributed by atoms with Gasteiger partial charge in [-0.15, -0.1) is 0 Å². The van der Waals surface area contributed by atoms with E-state index in [2.05, 4.69) is 50.8 Å². The van der Waals surface area contributed by atoms with E-state index in [4.69, 9.17) is 4.74 Å². The van der Waals surface area contributed by atoms with Crippen molar-refractivity contribution in [1.29, 1.82) is 0 Å². The van der Waals surface area contributed by atoms with E-state index in [1.54, 1.807) is 0 Å². The van der Waals surface area contributed by atoms with Crippen LogP contribution in [0.25, 0.3) is 0 Å². The van der Waals surface area contributed by atoms with Crippen molar-refractivity contribution < 1.29 is 4.74 Å². The summed E-state index contributed by atoms with van der Waals surface area (Å²) < 4.78 is 5.76. The lowest BCUT2D eigenvalue weighted by Gasteiger charge is -2.16. The lowest BCUT2D eigenvalue weighted by molar-refractivity contribution is 0.116. The van der Waals surface area contributed by atoms with Crippen LogP contribution in [0.4, 0.5) is 0 Å². The molecule has 0 saturated carbocycles. The van der Waals surface area contributed by atoms with Gasteiger partial charge in [0.1, 0.15) is 0 Å². The summed E-state index contributed by atoms with van der Waals surface area (Å²) in [4.78, 5) is 0. The van der Waals surface area contributed by atoms with E-state index >= 15 is 0 Å². The standard InChI is InChI=1S/C18H32OSi/c1-5-6-7-8-9-10-15-19-16-17-11-13-18(14-12-17)20(2,3)4/h11-14H,5-10,15-16H2,1-4H3. The van der Waals surface area contributed by atoms with Gasteiger partial charge in [-0.2, -0.15) is 0 Å². The number of hydrogen-bond acceptors (Lipinski definition) is 1. The van der Waals surface area contributed by atoms with Crippen LogP contribution in [0, 0.1) is 0 Å². The smallest absolute Gasteiger partial charge is 0.0775 e. The van der Waals surface area contributed by atoms with Crippen molar-refractivity contribution in [2.45, 2.75) is 71.7 Å². The molecule has 0 atom stereocenters. The Bertz CT molecular complexity index is 351. The molecule has 0 amide bonds. The van der Waals surface area contributed by atoms with E-state index in [0.29, 0.717) is 0 Å². The first-order chi connectivity index (χ1) is 9.54. The maximum absolute atomic E-state index is 5.76. The van der Waals surface area contributed by atoms with Crippen molar-refractivity contribution in [1.82, 2.24) is 0 Å². The maximum Gasteiger partial charge on any atom is 0.0775 e. The molecule has 20 heavy (non-hydrogen) atoms. The molecule has 0 aliphatic heterocycles. The molecule has 0 spiro atoms. The molecule has 1 nitrogen and oxygen atoms in total. The van der Waals surface area contributed by atoms with Gasteiger partial charge in [0.25, 0.3) is 0 Å². The van der Waals surface area contributed by atoms with Crippen molar-refractivity contribution in [3.05, 3.63) is 29.8 Å². The van der Waals surface area contributed by atoms with E-state index in [0.717, 1.165) is 13.2 Å². The Balaban J connectivity index is 2.13. The van der Waals surface area contributed by atoms with Crippen LogP contribution in [0.2, 0.25) is 19.6 Å². The van der Waals surface area contributed by atoms with Crippen molar-refractivity contribution in [2.75, 3.05) is 6.61 Å². The molecule has 1 aromatic rings. The second kappa shape index (κ2) is 9.35. The Kier molecular flexibility index (Phi) is 8.16. The molecule has 0 fully saturated rings. The zero-order chi connectivity index (χ0) is 14.8. The summed E-state index contributed by atoms with van der Waals surface area (Å²) in [6, 6.07) is 9.04. The van der Waals surface area contributed by atoms with Gasteiger partial charge in [0.2, 0.25) is 0 Å². The summed E-state index contributed by atoms with van der Waals surface area (Å²) in [6.07, 6.45) is 7.97. The minimum Gasteiger partial charge on any atom is -0.377 e. The first-order valence-electron chi connectivity index (χ1n) is 8.21. The second-order valence-electron chi connectivity index (χ2n) is 6.77. The van der Waals surface area contributed by atoms with Gasteiger partial charge in [0.15, 0.2) is 0 Å². The van der Waals surface area contributed by atoms with E-state index < -0.39 is 8.07 Å². The van der Waals surface area contributed by atoms with Crippen LogP contribution < -0.4 is 5.19 Å².